The monoisotopic (exact) mass is 221 g/mol. The molecule has 0 spiro atoms. The van der Waals surface area contributed by atoms with Gasteiger partial charge in [-0.1, -0.05) is 18.2 Å². The number of carboxylic acid groups (broad SMARTS) is 1. The number of rotatable bonds is 3. The van der Waals surface area contributed by atoms with E-state index in [0.717, 1.165) is 16.5 Å². The fourth-order valence-corrected chi connectivity index (χ4v) is 2.32. The number of hydrogen-bond acceptors (Lipinski definition) is 2. The van der Waals surface area contributed by atoms with E-state index in [-0.39, 0.29) is 0 Å². The van der Waals surface area contributed by atoms with Crippen molar-refractivity contribution in [1.82, 2.24) is 4.98 Å². The molecule has 1 aromatic carbocycles. The highest BCUT2D eigenvalue weighted by atomic mass is 32.2. The quantitative estimate of drug-likeness (QED) is 0.837. The van der Waals surface area contributed by atoms with E-state index in [9.17, 15) is 4.79 Å². The Labute approximate surface area is 91.5 Å². The van der Waals surface area contributed by atoms with Gasteiger partial charge in [-0.05, 0) is 12.3 Å². The van der Waals surface area contributed by atoms with Crippen LogP contribution in [0.5, 0.6) is 0 Å². The molecular formula is C11H11NO2S. The maximum absolute atomic E-state index is 11.0. The van der Waals surface area contributed by atoms with Gasteiger partial charge in [-0.25, -0.2) is 0 Å². The van der Waals surface area contributed by atoms with E-state index in [1.54, 1.807) is 12.5 Å². The fraction of sp³-hybridized carbons (Fsp3) is 0.182. The molecule has 1 atom stereocenters. The van der Waals surface area contributed by atoms with Crippen molar-refractivity contribution >= 4 is 28.6 Å². The molecule has 0 saturated carbocycles. The first-order valence-corrected chi connectivity index (χ1v) is 5.84. The lowest BCUT2D eigenvalue weighted by atomic mass is 10.1. The van der Waals surface area contributed by atoms with Crippen LogP contribution in [-0.2, 0) is 4.79 Å². The third-order valence-corrected chi connectivity index (χ3v) is 3.29. The smallest absolute Gasteiger partial charge is 0.321 e. The van der Waals surface area contributed by atoms with Gasteiger partial charge in [0.2, 0.25) is 0 Å². The van der Waals surface area contributed by atoms with Crippen LogP contribution in [0.15, 0.2) is 30.5 Å². The molecule has 78 valence electrons. The number of thioether (sulfide) groups is 1. The largest absolute Gasteiger partial charge is 0.480 e. The third-order valence-electron chi connectivity index (χ3n) is 2.36. The molecule has 0 aliphatic carbocycles. The Kier molecular flexibility index (Phi) is 2.68. The lowest BCUT2D eigenvalue weighted by molar-refractivity contribution is -0.136. The average molecular weight is 221 g/mol. The molecule has 3 nitrogen and oxygen atoms in total. The molecule has 0 fully saturated rings. The van der Waals surface area contributed by atoms with Gasteiger partial charge in [0.25, 0.3) is 0 Å². The SMILES string of the molecule is CSC(C(=O)O)c1c[nH]c2ccccc12. The number of benzene rings is 1. The molecule has 0 amide bonds. The van der Waals surface area contributed by atoms with Crippen LogP contribution in [0.1, 0.15) is 10.8 Å². The van der Waals surface area contributed by atoms with E-state index < -0.39 is 11.2 Å². The highest BCUT2D eigenvalue weighted by Crippen LogP contribution is 2.32. The highest BCUT2D eigenvalue weighted by molar-refractivity contribution is 7.99. The number of nitrogens with one attached hydrogen (secondary N) is 1. The minimum Gasteiger partial charge on any atom is -0.480 e. The van der Waals surface area contributed by atoms with Gasteiger partial charge in [0.1, 0.15) is 5.25 Å². The van der Waals surface area contributed by atoms with Gasteiger partial charge in [0, 0.05) is 22.7 Å². The van der Waals surface area contributed by atoms with E-state index in [4.69, 9.17) is 5.11 Å². The minimum atomic E-state index is -0.799. The Balaban J connectivity index is 2.55. The number of para-hydroxylation sites is 1. The molecule has 0 bridgehead atoms. The molecule has 1 aromatic heterocycles. The molecule has 2 N–H and O–H groups in total. The molecule has 2 aromatic rings. The lowest BCUT2D eigenvalue weighted by Gasteiger charge is -2.07. The van der Waals surface area contributed by atoms with Crippen LogP contribution in [0.25, 0.3) is 10.9 Å². The van der Waals surface area contributed by atoms with Gasteiger partial charge in [-0.2, -0.15) is 0 Å². The summed E-state index contributed by atoms with van der Waals surface area (Å²) in [6, 6.07) is 7.72. The zero-order valence-corrected chi connectivity index (χ0v) is 9.04. The first-order valence-electron chi connectivity index (χ1n) is 4.55. The molecular weight excluding hydrogens is 210 g/mol. The summed E-state index contributed by atoms with van der Waals surface area (Å²) in [5, 5.41) is 9.56. The Morgan fingerprint density at radius 1 is 1.47 bits per heavy atom. The van der Waals surface area contributed by atoms with Crippen molar-refractivity contribution in [2.24, 2.45) is 0 Å². The second-order valence-corrected chi connectivity index (χ2v) is 4.19. The van der Waals surface area contributed by atoms with Crippen LogP contribution in [0, 0.1) is 0 Å². The van der Waals surface area contributed by atoms with E-state index in [1.807, 2.05) is 24.3 Å². The Hall–Kier alpha value is -1.42. The molecule has 1 heterocycles. The summed E-state index contributed by atoms with van der Waals surface area (Å²) in [7, 11) is 0. The minimum absolute atomic E-state index is 0.499. The number of aromatic amines is 1. The standard InChI is InChI=1S/C11H11NO2S/c1-15-10(11(13)14)8-6-12-9-5-3-2-4-7(8)9/h2-6,10,12H,1H3,(H,13,14). The van der Waals surface area contributed by atoms with Crippen LogP contribution in [0.3, 0.4) is 0 Å². The number of carboxylic acids is 1. The number of carbonyl (C=O) groups is 1. The van der Waals surface area contributed by atoms with Crippen LogP contribution in [0.2, 0.25) is 0 Å². The molecule has 1 unspecified atom stereocenters. The Morgan fingerprint density at radius 2 is 2.20 bits per heavy atom. The predicted molar refractivity (Wildman–Crippen MR) is 62.2 cm³/mol. The first-order chi connectivity index (χ1) is 7.24. The van der Waals surface area contributed by atoms with E-state index in [1.165, 1.54) is 11.8 Å². The van der Waals surface area contributed by atoms with Crippen LogP contribution in [0.4, 0.5) is 0 Å². The average Bonchev–Trinajstić information content (AvgIpc) is 2.63. The summed E-state index contributed by atoms with van der Waals surface area (Å²) in [5.74, 6) is -0.799. The zero-order chi connectivity index (χ0) is 10.8. The second kappa shape index (κ2) is 3.98. The summed E-state index contributed by atoms with van der Waals surface area (Å²) in [4.78, 5) is 14.1. The van der Waals surface area contributed by atoms with Gasteiger partial charge in [-0.3, -0.25) is 4.79 Å². The summed E-state index contributed by atoms with van der Waals surface area (Å²) in [6.07, 6.45) is 3.58. The maximum atomic E-state index is 11.0. The Morgan fingerprint density at radius 3 is 2.87 bits per heavy atom. The maximum Gasteiger partial charge on any atom is 0.321 e. The molecule has 0 saturated heterocycles. The van der Waals surface area contributed by atoms with Crippen molar-refractivity contribution in [1.29, 1.82) is 0 Å². The third kappa shape index (κ3) is 1.72. The molecule has 0 radical (unpaired) electrons. The van der Waals surface area contributed by atoms with Crippen molar-refractivity contribution < 1.29 is 9.90 Å². The first kappa shape index (κ1) is 10.1. The van der Waals surface area contributed by atoms with E-state index >= 15 is 0 Å². The van der Waals surface area contributed by atoms with Gasteiger partial charge in [-0.15, -0.1) is 11.8 Å². The summed E-state index contributed by atoms with van der Waals surface area (Å²) >= 11 is 1.33. The highest BCUT2D eigenvalue weighted by Gasteiger charge is 2.21. The second-order valence-electron chi connectivity index (χ2n) is 3.24. The number of aromatic nitrogens is 1. The number of fused-ring (bicyclic) bond motifs is 1. The molecule has 2 rings (SSSR count). The van der Waals surface area contributed by atoms with E-state index in [2.05, 4.69) is 4.98 Å². The zero-order valence-electron chi connectivity index (χ0n) is 8.23. The topological polar surface area (TPSA) is 53.1 Å². The number of aliphatic carboxylic acids is 1. The number of H-pyrrole nitrogens is 1. The van der Waals surface area contributed by atoms with Crippen LogP contribution < -0.4 is 0 Å². The van der Waals surface area contributed by atoms with Gasteiger partial charge < -0.3 is 10.1 Å². The van der Waals surface area contributed by atoms with Crippen molar-refractivity contribution in [3.05, 3.63) is 36.0 Å². The molecule has 0 aliphatic heterocycles. The van der Waals surface area contributed by atoms with Crippen molar-refractivity contribution in [2.45, 2.75) is 5.25 Å². The fourth-order valence-electron chi connectivity index (χ4n) is 1.67. The van der Waals surface area contributed by atoms with Gasteiger partial charge in [0.05, 0.1) is 0 Å². The molecule has 15 heavy (non-hydrogen) atoms. The van der Waals surface area contributed by atoms with Crippen LogP contribution in [-0.4, -0.2) is 22.3 Å². The summed E-state index contributed by atoms with van der Waals surface area (Å²) < 4.78 is 0. The van der Waals surface area contributed by atoms with Crippen molar-refractivity contribution in [3.63, 3.8) is 0 Å². The van der Waals surface area contributed by atoms with E-state index in [0.29, 0.717) is 0 Å². The Bertz CT molecular complexity index is 492. The van der Waals surface area contributed by atoms with Crippen LogP contribution >= 0.6 is 11.8 Å². The lowest BCUT2D eigenvalue weighted by Crippen LogP contribution is -2.06. The molecule has 0 aliphatic rings. The van der Waals surface area contributed by atoms with Crippen molar-refractivity contribution in [2.75, 3.05) is 6.26 Å². The molecule has 4 heteroatoms. The predicted octanol–water partition coefficient (Wildman–Crippen LogP) is 2.66. The normalized spacial score (nSPS) is 12.9. The summed E-state index contributed by atoms with van der Waals surface area (Å²) in [5.41, 5.74) is 1.82. The van der Waals surface area contributed by atoms with Gasteiger partial charge in [0.15, 0.2) is 0 Å². The van der Waals surface area contributed by atoms with Gasteiger partial charge >= 0.3 is 5.97 Å². The summed E-state index contributed by atoms with van der Waals surface area (Å²) in [6.45, 7) is 0. The van der Waals surface area contributed by atoms with Crippen molar-refractivity contribution in [3.8, 4) is 0 Å². The number of hydrogen-bond donors (Lipinski definition) is 2.